The van der Waals surface area contributed by atoms with Crippen LogP contribution in [0.1, 0.15) is 27.3 Å². The van der Waals surface area contributed by atoms with Crippen molar-refractivity contribution in [2.45, 2.75) is 19.3 Å². The molecule has 0 aliphatic heterocycles. The third kappa shape index (κ3) is 3.16. The van der Waals surface area contributed by atoms with Gasteiger partial charge < -0.3 is 0 Å². The molecule has 0 aliphatic rings. The third-order valence-electron chi connectivity index (χ3n) is 3.77. The molecular weight excluding hydrogens is 362 g/mol. The van der Waals surface area contributed by atoms with Crippen LogP contribution in [0.25, 0.3) is 11.0 Å². The van der Waals surface area contributed by atoms with Gasteiger partial charge in [-0.05, 0) is 37.3 Å². The minimum atomic E-state index is -5.03. The summed E-state index contributed by atoms with van der Waals surface area (Å²) in [5, 5.41) is 0. The Hall–Kier alpha value is -2.84. The van der Waals surface area contributed by atoms with Crippen molar-refractivity contribution in [1.82, 2.24) is 9.55 Å². The van der Waals surface area contributed by atoms with E-state index in [1.165, 1.54) is 13.0 Å². The van der Waals surface area contributed by atoms with Crippen molar-refractivity contribution in [1.29, 1.82) is 0 Å². The van der Waals surface area contributed by atoms with Gasteiger partial charge in [0.25, 0.3) is 5.91 Å². The summed E-state index contributed by atoms with van der Waals surface area (Å²) < 4.78 is 78.8. The number of alkyl halides is 6. The van der Waals surface area contributed by atoms with Gasteiger partial charge in [-0.3, -0.25) is 9.36 Å². The molecule has 0 N–H and O–H groups in total. The highest BCUT2D eigenvalue weighted by Gasteiger charge is 2.37. The van der Waals surface area contributed by atoms with E-state index in [2.05, 4.69) is 4.98 Å². The zero-order valence-corrected chi connectivity index (χ0v) is 13.1. The Morgan fingerprint density at radius 1 is 0.923 bits per heavy atom. The van der Waals surface area contributed by atoms with Crippen LogP contribution in [0.3, 0.4) is 0 Å². The lowest BCUT2D eigenvalue weighted by Gasteiger charge is -2.14. The first-order chi connectivity index (χ1) is 12.0. The maximum atomic E-state index is 13.0. The molecule has 1 heterocycles. The van der Waals surface area contributed by atoms with Gasteiger partial charge in [0, 0.05) is 5.56 Å². The van der Waals surface area contributed by atoms with Crippen LogP contribution in [0.2, 0.25) is 0 Å². The Labute approximate surface area is 142 Å². The van der Waals surface area contributed by atoms with Crippen molar-refractivity contribution in [2.75, 3.05) is 0 Å². The van der Waals surface area contributed by atoms with Gasteiger partial charge >= 0.3 is 12.4 Å². The minimum absolute atomic E-state index is 0.0182. The van der Waals surface area contributed by atoms with Gasteiger partial charge in [0.15, 0.2) is 0 Å². The van der Waals surface area contributed by atoms with Crippen LogP contribution in [0.15, 0.2) is 42.5 Å². The summed E-state index contributed by atoms with van der Waals surface area (Å²) in [6.45, 7) is 1.44. The van der Waals surface area contributed by atoms with Crippen LogP contribution in [-0.2, 0) is 12.4 Å². The highest BCUT2D eigenvalue weighted by atomic mass is 19.4. The second-order valence-electron chi connectivity index (χ2n) is 5.58. The number of benzene rings is 2. The molecule has 0 amide bonds. The quantitative estimate of drug-likeness (QED) is 0.559. The second kappa shape index (κ2) is 5.86. The Balaban J connectivity index is 2.22. The lowest BCUT2D eigenvalue weighted by Crippen LogP contribution is -2.18. The topological polar surface area (TPSA) is 34.9 Å². The summed E-state index contributed by atoms with van der Waals surface area (Å²) in [6, 6.07) is 7.12. The van der Waals surface area contributed by atoms with Gasteiger partial charge in [-0.2, -0.15) is 26.3 Å². The molecule has 0 spiro atoms. The van der Waals surface area contributed by atoms with Crippen LogP contribution in [0.4, 0.5) is 26.3 Å². The Morgan fingerprint density at radius 3 is 2.00 bits per heavy atom. The van der Waals surface area contributed by atoms with E-state index in [0.29, 0.717) is 23.2 Å². The van der Waals surface area contributed by atoms with E-state index in [0.717, 1.165) is 4.57 Å². The first-order valence-corrected chi connectivity index (χ1v) is 7.27. The molecule has 0 fully saturated rings. The summed E-state index contributed by atoms with van der Waals surface area (Å²) in [7, 11) is 0. The Morgan fingerprint density at radius 2 is 1.46 bits per heavy atom. The van der Waals surface area contributed by atoms with Gasteiger partial charge in [0.05, 0.1) is 22.2 Å². The molecule has 0 atom stereocenters. The molecule has 1 aromatic heterocycles. The molecule has 0 aliphatic carbocycles. The second-order valence-corrected chi connectivity index (χ2v) is 5.58. The third-order valence-corrected chi connectivity index (χ3v) is 3.77. The predicted octanol–water partition coefficient (Wildman–Crippen LogP) is 5.07. The standard InChI is InChI=1S/C17H10F6N2O/c1-9-24-13-4-2-3-5-14(13)25(9)15(26)10-6-11(16(18,19)20)8-12(7-10)17(21,22)23/h2-8H,1H3. The largest absolute Gasteiger partial charge is 0.416 e. The number of fused-ring (bicyclic) bond motifs is 1. The number of imidazole rings is 1. The summed E-state index contributed by atoms with van der Waals surface area (Å²) >= 11 is 0. The maximum absolute atomic E-state index is 13.0. The van der Waals surface area contributed by atoms with E-state index in [1.54, 1.807) is 18.2 Å². The minimum Gasteiger partial charge on any atom is -0.268 e. The summed E-state index contributed by atoms with van der Waals surface area (Å²) in [5.74, 6) is -0.866. The summed E-state index contributed by atoms with van der Waals surface area (Å²) in [4.78, 5) is 16.8. The van der Waals surface area contributed by atoms with E-state index >= 15 is 0 Å². The molecule has 0 bridgehead atoms. The number of halogens is 6. The van der Waals surface area contributed by atoms with Crippen molar-refractivity contribution >= 4 is 16.9 Å². The number of para-hydroxylation sites is 2. The van der Waals surface area contributed by atoms with E-state index in [-0.39, 0.29) is 11.9 Å². The van der Waals surface area contributed by atoms with Crippen molar-refractivity contribution in [3.05, 3.63) is 65.0 Å². The van der Waals surface area contributed by atoms with Gasteiger partial charge in [0.2, 0.25) is 0 Å². The van der Waals surface area contributed by atoms with Gasteiger partial charge in [-0.1, -0.05) is 12.1 Å². The number of hydrogen-bond acceptors (Lipinski definition) is 2. The average Bonchev–Trinajstić information content (AvgIpc) is 2.88. The van der Waals surface area contributed by atoms with Crippen LogP contribution >= 0.6 is 0 Å². The summed E-state index contributed by atoms with van der Waals surface area (Å²) in [5.41, 5.74) is -3.11. The maximum Gasteiger partial charge on any atom is 0.416 e. The van der Waals surface area contributed by atoms with Crippen LogP contribution in [0.5, 0.6) is 0 Å². The molecule has 0 saturated heterocycles. The average molecular weight is 372 g/mol. The zero-order valence-electron chi connectivity index (χ0n) is 13.1. The first kappa shape index (κ1) is 18.0. The van der Waals surface area contributed by atoms with Crippen LogP contribution < -0.4 is 0 Å². The lowest BCUT2D eigenvalue weighted by molar-refractivity contribution is -0.143. The number of hydrogen-bond donors (Lipinski definition) is 0. The molecule has 2 aromatic carbocycles. The monoisotopic (exact) mass is 372 g/mol. The molecule has 3 rings (SSSR count). The molecule has 0 unspecified atom stereocenters. The fourth-order valence-corrected chi connectivity index (χ4v) is 2.61. The highest BCUT2D eigenvalue weighted by molar-refractivity contribution is 6.02. The van der Waals surface area contributed by atoms with E-state index < -0.39 is 35.0 Å². The van der Waals surface area contributed by atoms with E-state index in [9.17, 15) is 31.1 Å². The Bertz CT molecular complexity index is 968. The van der Waals surface area contributed by atoms with Crippen molar-refractivity contribution in [3.63, 3.8) is 0 Å². The van der Waals surface area contributed by atoms with E-state index in [4.69, 9.17) is 0 Å². The highest BCUT2D eigenvalue weighted by Crippen LogP contribution is 2.36. The van der Waals surface area contributed by atoms with Gasteiger partial charge in [-0.15, -0.1) is 0 Å². The number of carbonyl (C=O) groups is 1. The van der Waals surface area contributed by atoms with E-state index in [1.807, 2.05) is 0 Å². The fraction of sp³-hybridized carbons (Fsp3) is 0.176. The van der Waals surface area contributed by atoms with Crippen molar-refractivity contribution in [2.24, 2.45) is 0 Å². The van der Waals surface area contributed by atoms with Crippen LogP contribution in [0, 0.1) is 6.92 Å². The lowest BCUT2D eigenvalue weighted by atomic mass is 10.0. The molecule has 26 heavy (non-hydrogen) atoms. The molecule has 136 valence electrons. The predicted molar refractivity (Wildman–Crippen MR) is 80.6 cm³/mol. The Kier molecular flexibility index (Phi) is 4.05. The molecule has 3 nitrogen and oxygen atoms in total. The number of nitrogens with zero attached hydrogens (tertiary/aromatic N) is 2. The number of aromatic nitrogens is 2. The van der Waals surface area contributed by atoms with Crippen molar-refractivity contribution < 1.29 is 31.1 Å². The number of carbonyl (C=O) groups excluding carboxylic acids is 1. The molecule has 0 radical (unpaired) electrons. The molecule has 0 saturated carbocycles. The number of aryl methyl sites for hydroxylation is 1. The smallest absolute Gasteiger partial charge is 0.268 e. The normalized spacial score (nSPS) is 12.6. The van der Waals surface area contributed by atoms with Gasteiger partial charge in [0.1, 0.15) is 5.82 Å². The zero-order chi connectivity index (χ0) is 19.3. The van der Waals surface area contributed by atoms with Crippen LogP contribution in [-0.4, -0.2) is 15.5 Å². The number of rotatable bonds is 1. The van der Waals surface area contributed by atoms with Gasteiger partial charge in [-0.25, -0.2) is 4.98 Å². The SMILES string of the molecule is Cc1nc2ccccc2n1C(=O)c1cc(C(F)(F)F)cc(C(F)(F)F)c1. The fourth-order valence-electron chi connectivity index (χ4n) is 2.61. The van der Waals surface area contributed by atoms with Crippen molar-refractivity contribution in [3.8, 4) is 0 Å². The molecular formula is C17H10F6N2O. The molecule has 3 aromatic rings. The molecule has 9 heteroatoms. The summed E-state index contributed by atoms with van der Waals surface area (Å²) in [6.07, 6.45) is -10.1. The first-order valence-electron chi connectivity index (χ1n) is 7.27.